The van der Waals surface area contributed by atoms with Gasteiger partial charge in [0, 0.05) is 17.7 Å². The van der Waals surface area contributed by atoms with E-state index in [1.54, 1.807) is 12.1 Å². The predicted molar refractivity (Wildman–Crippen MR) is 117 cm³/mol. The summed E-state index contributed by atoms with van der Waals surface area (Å²) in [6.45, 7) is 0. The second kappa shape index (κ2) is 8.40. The second-order valence-electron chi connectivity index (χ2n) is 8.32. The number of carbonyl (C=O) groups is 1. The van der Waals surface area contributed by atoms with Gasteiger partial charge in [0.1, 0.15) is 11.9 Å². The first-order valence-electron chi connectivity index (χ1n) is 10.7. The zero-order chi connectivity index (χ0) is 24.9. The van der Waals surface area contributed by atoms with Crippen LogP contribution in [0.5, 0.6) is 11.5 Å². The van der Waals surface area contributed by atoms with Crippen molar-refractivity contribution in [1.82, 2.24) is 14.8 Å². The number of methoxy groups -OCH3 is 2. The van der Waals surface area contributed by atoms with Crippen LogP contribution in [0.15, 0.2) is 53.7 Å². The first-order valence-corrected chi connectivity index (χ1v) is 10.7. The van der Waals surface area contributed by atoms with Gasteiger partial charge in [-0.25, -0.2) is 9.07 Å². The summed E-state index contributed by atoms with van der Waals surface area (Å²) in [7, 11) is 3.03. The van der Waals surface area contributed by atoms with Crippen molar-refractivity contribution in [3.8, 4) is 11.5 Å². The molecular weight excluding hydrogens is 468 g/mol. The number of carbonyl (C=O) groups excluding carboxylic acids is 1. The van der Waals surface area contributed by atoms with Crippen molar-refractivity contribution in [1.29, 1.82) is 0 Å². The van der Waals surface area contributed by atoms with Crippen molar-refractivity contribution in [2.24, 2.45) is 0 Å². The highest BCUT2D eigenvalue weighted by Gasteiger charge is 2.43. The number of Topliss-reactive ketones (excluding diaryl/α,β-unsaturated/α-hetero) is 1. The van der Waals surface area contributed by atoms with Gasteiger partial charge in [0.25, 0.3) is 5.82 Å². The third-order valence-corrected chi connectivity index (χ3v) is 6.24. The molecule has 0 fully saturated rings. The van der Waals surface area contributed by atoms with Crippen LogP contribution in [-0.2, 0) is 11.0 Å². The number of fused-ring (bicyclic) bond motifs is 1. The van der Waals surface area contributed by atoms with E-state index in [4.69, 9.17) is 9.47 Å². The number of hydrogen-bond acceptors (Lipinski definition) is 6. The topological polar surface area (TPSA) is 78.3 Å². The number of allylic oxidation sites excluding steroid dienone is 2. The average Bonchev–Trinajstić information content (AvgIpc) is 3.27. The van der Waals surface area contributed by atoms with Crippen molar-refractivity contribution in [3.63, 3.8) is 0 Å². The quantitative estimate of drug-likeness (QED) is 0.528. The molecular formula is C24H20F4N4O3. The zero-order valence-electron chi connectivity index (χ0n) is 18.7. The molecule has 1 N–H and O–H groups in total. The molecule has 0 saturated heterocycles. The molecule has 0 radical (unpaired) electrons. The Bertz CT molecular complexity index is 1330. The molecule has 2 aliphatic rings. The Labute approximate surface area is 197 Å². The number of alkyl halides is 3. The maximum absolute atomic E-state index is 13.6. The van der Waals surface area contributed by atoms with E-state index < -0.39 is 23.9 Å². The minimum absolute atomic E-state index is 0.129. The van der Waals surface area contributed by atoms with Crippen LogP contribution in [0.3, 0.4) is 0 Å². The number of anilines is 1. The molecule has 2 aromatic carbocycles. The molecule has 0 saturated carbocycles. The minimum atomic E-state index is -4.77. The van der Waals surface area contributed by atoms with Crippen LogP contribution in [0.1, 0.15) is 41.8 Å². The summed E-state index contributed by atoms with van der Waals surface area (Å²) in [5.74, 6) is -1.41. The Kier molecular flexibility index (Phi) is 5.49. The number of nitrogens with zero attached hydrogens (tertiary/aromatic N) is 3. The van der Waals surface area contributed by atoms with E-state index in [1.165, 1.54) is 38.5 Å². The van der Waals surface area contributed by atoms with Gasteiger partial charge >= 0.3 is 6.18 Å². The Morgan fingerprint density at radius 2 is 1.69 bits per heavy atom. The number of halogens is 4. The maximum Gasteiger partial charge on any atom is 0.453 e. The van der Waals surface area contributed by atoms with Gasteiger partial charge in [-0.05, 0) is 47.7 Å². The Morgan fingerprint density at radius 1 is 1.00 bits per heavy atom. The molecule has 2 atom stereocenters. The largest absolute Gasteiger partial charge is 0.493 e. The van der Waals surface area contributed by atoms with Gasteiger partial charge in [-0.3, -0.25) is 4.79 Å². The Balaban J connectivity index is 1.59. The molecule has 7 nitrogen and oxygen atoms in total. The summed E-state index contributed by atoms with van der Waals surface area (Å²) in [6.07, 6.45) is -4.29. The molecule has 11 heteroatoms. The lowest BCUT2D eigenvalue weighted by atomic mass is 9.78. The number of nitrogens with one attached hydrogen (secondary N) is 1. The summed E-state index contributed by atoms with van der Waals surface area (Å²) >= 11 is 0. The van der Waals surface area contributed by atoms with Gasteiger partial charge in [-0.1, -0.05) is 18.2 Å². The standard InChI is InChI=1S/C24H20F4N4O3/c1-34-18-8-5-13(11-19(18)35-2)14-9-16-20(17(33)10-14)21(12-3-6-15(25)7-4-12)32-23(29-16)30-22(31-32)24(26,27)28/h3-8,11,14,21H,9-10H2,1-2H3,(H,29,30,31)/t14-,21+/m0/s1. The van der Waals surface area contributed by atoms with E-state index in [1.807, 2.05) is 6.07 Å². The highest BCUT2D eigenvalue weighted by molar-refractivity contribution is 6.00. The summed E-state index contributed by atoms with van der Waals surface area (Å²) in [6, 6.07) is 9.64. The summed E-state index contributed by atoms with van der Waals surface area (Å²) in [5.41, 5.74) is 2.01. The van der Waals surface area contributed by atoms with E-state index in [-0.39, 0.29) is 24.1 Å². The van der Waals surface area contributed by atoms with Gasteiger partial charge in [0.05, 0.1) is 14.2 Å². The van der Waals surface area contributed by atoms with E-state index in [0.29, 0.717) is 34.8 Å². The lowest BCUT2D eigenvalue weighted by Crippen LogP contribution is -2.33. The van der Waals surface area contributed by atoms with Crippen molar-refractivity contribution < 1.29 is 31.8 Å². The summed E-state index contributed by atoms with van der Waals surface area (Å²) in [5, 5.41) is 6.56. The molecule has 5 rings (SSSR count). The normalized spacial score (nSPS) is 19.7. The third-order valence-electron chi connectivity index (χ3n) is 6.24. The van der Waals surface area contributed by atoms with Crippen LogP contribution in [0.25, 0.3) is 0 Å². The van der Waals surface area contributed by atoms with Gasteiger partial charge in [-0.2, -0.15) is 18.2 Å². The number of ketones is 1. The van der Waals surface area contributed by atoms with E-state index >= 15 is 0 Å². The van der Waals surface area contributed by atoms with Crippen molar-refractivity contribution in [3.05, 3.63) is 76.5 Å². The lowest BCUT2D eigenvalue weighted by Gasteiger charge is -2.35. The molecule has 0 amide bonds. The highest BCUT2D eigenvalue weighted by Crippen LogP contribution is 2.45. The second-order valence-corrected chi connectivity index (χ2v) is 8.32. The van der Waals surface area contributed by atoms with Gasteiger partial charge in [0.15, 0.2) is 17.3 Å². The molecule has 0 unspecified atom stereocenters. The lowest BCUT2D eigenvalue weighted by molar-refractivity contribution is -0.145. The fourth-order valence-electron chi connectivity index (χ4n) is 4.63. The van der Waals surface area contributed by atoms with Crippen LogP contribution in [0.4, 0.5) is 23.5 Å². The van der Waals surface area contributed by atoms with Gasteiger partial charge in [-0.15, -0.1) is 5.10 Å². The van der Waals surface area contributed by atoms with Crippen molar-refractivity contribution >= 4 is 11.7 Å². The molecule has 35 heavy (non-hydrogen) atoms. The van der Waals surface area contributed by atoms with Gasteiger partial charge in [0.2, 0.25) is 5.95 Å². The number of rotatable bonds is 4. The van der Waals surface area contributed by atoms with Crippen molar-refractivity contribution in [2.45, 2.75) is 31.0 Å². The van der Waals surface area contributed by atoms with E-state index in [0.717, 1.165) is 10.2 Å². The van der Waals surface area contributed by atoms with E-state index in [2.05, 4.69) is 15.4 Å². The molecule has 0 bridgehead atoms. The first-order chi connectivity index (χ1) is 16.7. The zero-order valence-corrected chi connectivity index (χ0v) is 18.7. The highest BCUT2D eigenvalue weighted by atomic mass is 19.4. The van der Waals surface area contributed by atoms with Crippen LogP contribution in [0, 0.1) is 5.82 Å². The molecule has 0 spiro atoms. The molecule has 182 valence electrons. The van der Waals surface area contributed by atoms with Crippen LogP contribution in [-0.4, -0.2) is 34.8 Å². The first kappa shape index (κ1) is 22.9. The smallest absolute Gasteiger partial charge is 0.453 e. The van der Waals surface area contributed by atoms with Crippen LogP contribution >= 0.6 is 0 Å². The number of hydrogen-bond donors (Lipinski definition) is 1. The predicted octanol–water partition coefficient (Wildman–Crippen LogP) is 4.87. The molecule has 2 heterocycles. The maximum atomic E-state index is 13.6. The average molecular weight is 488 g/mol. The van der Waals surface area contributed by atoms with Crippen LogP contribution < -0.4 is 14.8 Å². The fraction of sp³-hybridized carbons (Fsp3) is 0.292. The summed E-state index contributed by atoms with van der Waals surface area (Å²) in [4.78, 5) is 17.1. The molecule has 1 aliphatic heterocycles. The summed E-state index contributed by atoms with van der Waals surface area (Å²) < 4.78 is 65.5. The van der Waals surface area contributed by atoms with Crippen LogP contribution in [0.2, 0.25) is 0 Å². The number of benzene rings is 2. The Morgan fingerprint density at radius 3 is 2.34 bits per heavy atom. The molecule has 3 aromatic rings. The number of aromatic nitrogens is 3. The molecule has 1 aromatic heterocycles. The Hall–Kier alpha value is -3.89. The third kappa shape index (κ3) is 4.00. The van der Waals surface area contributed by atoms with Crippen molar-refractivity contribution in [2.75, 3.05) is 19.5 Å². The number of ether oxygens (including phenoxy) is 2. The SMILES string of the molecule is COc1ccc([C@@H]2CC(=O)C3=C(C2)Nc2nc(C(F)(F)F)nn2[C@@H]3c2ccc(F)cc2)cc1OC. The van der Waals surface area contributed by atoms with E-state index in [9.17, 15) is 22.4 Å². The van der Waals surface area contributed by atoms with Gasteiger partial charge < -0.3 is 14.8 Å². The monoisotopic (exact) mass is 488 g/mol. The fourth-order valence-corrected chi connectivity index (χ4v) is 4.63. The minimum Gasteiger partial charge on any atom is -0.493 e. The molecule has 1 aliphatic carbocycles.